The van der Waals surface area contributed by atoms with Crippen molar-refractivity contribution in [2.45, 2.75) is 76.4 Å². The fourth-order valence-electron chi connectivity index (χ4n) is 4.30. The van der Waals surface area contributed by atoms with Crippen LogP contribution in [0.4, 0.5) is 4.39 Å². The second-order valence-corrected chi connectivity index (χ2v) is 9.74. The van der Waals surface area contributed by atoms with Gasteiger partial charge in [0, 0.05) is 34.1 Å². The van der Waals surface area contributed by atoms with Gasteiger partial charge in [-0.2, -0.15) is 0 Å². The number of aliphatic carboxylic acids is 1. The molecule has 168 valence electrons. The number of hydrogen-bond donors (Lipinski definition) is 2. The summed E-state index contributed by atoms with van der Waals surface area (Å²) in [7, 11) is 0. The van der Waals surface area contributed by atoms with Crippen LogP contribution in [-0.2, 0) is 4.79 Å². The van der Waals surface area contributed by atoms with Gasteiger partial charge in [-0.05, 0) is 47.9 Å². The van der Waals surface area contributed by atoms with Gasteiger partial charge in [-0.3, -0.25) is 0 Å². The van der Waals surface area contributed by atoms with E-state index in [2.05, 4.69) is 13.8 Å². The molecule has 0 radical (unpaired) electrons. The van der Waals surface area contributed by atoms with E-state index in [1.807, 2.05) is 6.08 Å². The summed E-state index contributed by atoms with van der Waals surface area (Å²) in [5.74, 6) is -0.859. The first-order valence-corrected chi connectivity index (χ1v) is 11.7. The van der Waals surface area contributed by atoms with Gasteiger partial charge >= 0.3 is 0 Å². The highest BCUT2D eigenvalue weighted by Crippen LogP contribution is 2.48. The second kappa shape index (κ2) is 10.5. The van der Waals surface area contributed by atoms with Crippen molar-refractivity contribution < 1.29 is 24.5 Å². The van der Waals surface area contributed by atoms with Crippen molar-refractivity contribution >= 4 is 23.4 Å². The molecule has 0 unspecified atom stereocenters. The molecule has 1 aromatic carbocycles. The quantitative estimate of drug-likeness (QED) is 0.591. The predicted molar refractivity (Wildman–Crippen MR) is 120 cm³/mol. The highest BCUT2D eigenvalue weighted by Gasteiger charge is 2.27. The predicted octanol–water partition coefficient (Wildman–Crippen LogP) is 4.60. The van der Waals surface area contributed by atoms with Gasteiger partial charge in [-0.15, -0.1) is 11.3 Å². The largest absolute Gasteiger partial charge is 0.550 e. The van der Waals surface area contributed by atoms with Crippen molar-refractivity contribution in [3.8, 4) is 11.1 Å². The molecule has 2 atom stereocenters. The molecular weight excluding hydrogens is 415 g/mol. The van der Waals surface area contributed by atoms with Gasteiger partial charge in [-0.1, -0.05) is 51.0 Å². The number of carbonyl (C=O) groups is 1. The van der Waals surface area contributed by atoms with Crippen LogP contribution in [0.15, 0.2) is 30.3 Å². The lowest BCUT2D eigenvalue weighted by Gasteiger charge is -2.14. The Kier molecular flexibility index (Phi) is 8.03. The Balaban J connectivity index is 2.00. The maximum atomic E-state index is 13.6. The zero-order chi connectivity index (χ0) is 22.5. The van der Waals surface area contributed by atoms with E-state index in [-0.39, 0.29) is 18.2 Å². The van der Waals surface area contributed by atoms with Crippen LogP contribution in [0.25, 0.3) is 17.2 Å². The van der Waals surface area contributed by atoms with Crippen LogP contribution < -0.4 is 5.11 Å². The first kappa shape index (κ1) is 23.6. The van der Waals surface area contributed by atoms with Crippen molar-refractivity contribution in [2.75, 3.05) is 0 Å². The molecule has 1 aliphatic rings. The average molecular weight is 446 g/mol. The fourth-order valence-corrected chi connectivity index (χ4v) is 5.79. The summed E-state index contributed by atoms with van der Waals surface area (Å²) < 4.78 is 13.6. The van der Waals surface area contributed by atoms with E-state index >= 15 is 0 Å². The summed E-state index contributed by atoms with van der Waals surface area (Å²) in [5, 5.41) is 30.8. The van der Waals surface area contributed by atoms with Crippen LogP contribution in [0.1, 0.15) is 79.5 Å². The van der Waals surface area contributed by atoms with E-state index in [0.29, 0.717) is 5.92 Å². The van der Waals surface area contributed by atoms with Crippen LogP contribution in [-0.4, -0.2) is 28.4 Å². The molecule has 2 aromatic rings. The van der Waals surface area contributed by atoms with E-state index in [1.54, 1.807) is 29.5 Å². The number of aliphatic hydroxyl groups is 2. The SMILES string of the molecule is CC(C)c1sc(C2CCCC2)c(-c2ccc(F)cc2)c1/C=C/[C@@H](O)C[C@@H](O)CC(=O)[O-]. The standard InChI is InChI=1S/C25H31FO4S/c1-15(2)24-21(12-11-19(27)13-20(28)14-22(29)30)23(16-7-9-18(26)10-8-16)25(31-24)17-5-3-4-6-17/h7-12,15,17,19-20,27-28H,3-6,13-14H2,1-2H3,(H,29,30)/p-1/b12-11+/t19-,20-/m1/s1. The number of rotatable bonds is 9. The van der Waals surface area contributed by atoms with E-state index in [0.717, 1.165) is 29.5 Å². The monoisotopic (exact) mass is 445 g/mol. The topological polar surface area (TPSA) is 80.6 Å². The first-order valence-electron chi connectivity index (χ1n) is 10.9. The van der Waals surface area contributed by atoms with Crippen LogP contribution in [0.3, 0.4) is 0 Å². The Morgan fingerprint density at radius 3 is 2.45 bits per heavy atom. The maximum absolute atomic E-state index is 13.6. The van der Waals surface area contributed by atoms with Crippen LogP contribution in [0, 0.1) is 5.82 Å². The number of benzene rings is 1. The molecule has 1 aliphatic carbocycles. The average Bonchev–Trinajstić information content (AvgIpc) is 3.34. The number of carboxylic acids is 1. The number of halogens is 1. The van der Waals surface area contributed by atoms with Gasteiger partial charge in [0.05, 0.1) is 12.2 Å². The molecule has 3 rings (SSSR count). The van der Waals surface area contributed by atoms with Crippen LogP contribution in [0.5, 0.6) is 0 Å². The van der Waals surface area contributed by atoms with Crippen molar-refractivity contribution in [3.05, 3.63) is 51.5 Å². The van der Waals surface area contributed by atoms with Crippen molar-refractivity contribution in [1.82, 2.24) is 0 Å². The third-order valence-corrected chi connectivity index (χ3v) is 7.45. The highest BCUT2D eigenvalue weighted by molar-refractivity contribution is 7.13. The number of carbonyl (C=O) groups excluding carboxylic acids is 1. The van der Waals surface area contributed by atoms with Gasteiger partial charge in [0.25, 0.3) is 0 Å². The van der Waals surface area contributed by atoms with Gasteiger partial charge < -0.3 is 20.1 Å². The Morgan fingerprint density at radius 2 is 1.87 bits per heavy atom. The van der Waals surface area contributed by atoms with Crippen molar-refractivity contribution in [1.29, 1.82) is 0 Å². The third kappa shape index (κ3) is 6.03. The minimum absolute atomic E-state index is 0.0764. The lowest BCUT2D eigenvalue weighted by molar-refractivity contribution is -0.307. The number of aliphatic hydroxyl groups excluding tert-OH is 2. The molecule has 31 heavy (non-hydrogen) atoms. The maximum Gasteiger partial charge on any atom is 0.123 e. The molecule has 4 nitrogen and oxygen atoms in total. The summed E-state index contributed by atoms with van der Waals surface area (Å²) in [6.07, 6.45) is 5.47. The lowest BCUT2D eigenvalue weighted by atomic mass is 9.91. The molecule has 6 heteroatoms. The Morgan fingerprint density at radius 1 is 1.23 bits per heavy atom. The molecule has 1 heterocycles. The zero-order valence-electron chi connectivity index (χ0n) is 18.0. The smallest absolute Gasteiger partial charge is 0.123 e. The highest BCUT2D eigenvalue weighted by atomic mass is 32.1. The Labute approximate surface area is 187 Å². The summed E-state index contributed by atoms with van der Waals surface area (Å²) >= 11 is 1.80. The summed E-state index contributed by atoms with van der Waals surface area (Å²) in [6, 6.07) is 6.55. The number of carboxylic acid groups (broad SMARTS) is 1. The summed E-state index contributed by atoms with van der Waals surface area (Å²) in [6.45, 7) is 4.27. The normalized spacial score (nSPS) is 17.0. The minimum atomic E-state index is -1.34. The van der Waals surface area contributed by atoms with E-state index in [1.165, 1.54) is 34.7 Å². The van der Waals surface area contributed by atoms with Gasteiger partial charge in [0.1, 0.15) is 5.82 Å². The third-order valence-electron chi connectivity index (χ3n) is 5.79. The molecule has 2 N–H and O–H groups in total. The molecular formula is C25H30FO4S-. The molecule has 1 aromatic heterocycles. The molecule has 0 spiro atoms. The van der Waals surface area contributed by atoms with Crippen molar-refractivity contribution in [2.24, 2.45) is 0 Å². The Hall–Kier alpha value is -2.02. The number of thiophene rings is 1. The van der Waals surface area contributed by atoms with E-state index in [4.69, 9.17) is 0 Å². The zero-order valence-corrected chi connectivity index (χ0v) is 18.8. The first-order chi connectivity index (χ1) is 14.8. The molecule has 1 fully saturated rings. The Bertz CT molecular complexity index is 910. The van der Waals surface area contributed by atoms with Crippen LogP contribution >= 0.6 is 11.3 Å². The van der Waals surface area contributed by atoms with Crippen molar-refractivity contribution in [3.63, 3.8) is 0 Å². The summed E-state index contributed by atoms with van der Waals surface area (Å²) in [5.41, 5.74) is 3.07. The van der Waals surface area contributed by atoms with Crippen LogP contribution in [0.2, 0.25) is 0 Å². The van der Waals surface area contributed by atoms with E-state index < -0.39 is 24.6 Å². The summed E-state index contributed by atoms with van der Waals surface area (Å²) in [4.78, 5) is 13.2. The fraction of sp³-hybridized carbons (Fsp3) is 0.480. The van der Waals surface area contributed by atoms with Gasteiger partial charge in [0.15, 0.2) is 0 Å². The molecule has 0 aliphatic heterocycles. The molecule has 0 bridgehead atoms. The molecule has 0 amide bonds. The number of hydrogen-bond acceptors (Lipinski definition) is 5. The second-order valence-electron chi connectivity index (χ2n) is 8.65. The lowest BCUT2D eigenvalue weighted by Crippen LogP contribution is -2.29. The molecule has 0 saturated heterocycles. The molecule has 1 saturated carbocycles. The van der Waals surface area contributed by atoms with Gasteiger partial charge in [0.2, 0.25) is 0 Å². The van der Waals surface area contributed by atoms with Gasteiger partial charge in [-0.25, -0.2) is 4.39 Å². The van der Waals surface area contributed by atoms with E-state index in [9.17, 15) is 24.5 Å². The minimum Gasteiger partial charge on any atom is -0.550 e.